The number of halogens is 8. The fraction of sp³-hybridized carbons (Fsp3) is 0.150. The predicted octanol–water partition coefficient (Wildman–Crippen LogP) is 4.34. The van der Waals surface area contributed by atoms with Crippen molar-refractivity contribution in [2.45, 2.75) is 18.2 Å². The number of rotatable bonds is 8. The van der Waals surface area contributed by atoms with Crippen LogP contribution in [0.2, 0.25) is 0 Å². The number of hydrogen-bond donors (Lipinski definition) is 2. The number of amides is 2. The van der Waals surface area contributed by atoms with Crippen LogP contribution >= 0.6 is 15.9 Å². The molecule has 0 bridgehead atoms. The quantitative estimate of drug-likeness (QED) is 0.209. The molecule has 0 saturated carbocycles. The molecule has 0 aliphatic carbocycles. The molecule has 0 radical (unpaired) electrons. The standard InChI is InChI=1S/C20H11BrF7N3O7S/c1-7-4-11(38-30-7)19(33)29-9-5-8(21)2-3-10(9)36-6-12(32)31-39(34,35)18-16(25)14(23)13(22)15(24)17(18)37-20(26,27)28/h2-5H,6H2,1H3,(H,29,33)(H,31,32). The van der Waals surface area contributed by atoms with Crippen molar-refractivity contribution in [1.29, 1.82) is 0 Å². The highest BCUT2D eigenvalue weighted by atomic mass is 79.9. The van der Waals surface area contributed by atoms with E-state index in [0.717, 1.165) is 4.72 Å². The van der Waals surface area contributed by atoms with Crippen LogP contribution in [0, 0.1) is 30.2 Å². The Bertz CT molecular complexity index is 1560. The molecule has 0 atom stereocenters. The second kappa shape index (κ2) is 11.1. The largest absolute Gasteiger partial charge is 0.573 e. The van der Waals surface area contributed by atoms with Crippen LogP contribution in [0.1, 0.15) is 16.2 Å². The molecule has 2 amide bonds. The number of nitrogens with zero attached hydrogens (tertiary/aromatic N) is 1. The van der Waals surface area contributed by atoms with Crippen molar-refractivity contribution in [3.8, 4) is 11.5 Å². The Morgan fingerprint density at radius 2 is 1.69 bits per heavy atom. The summed E-state index contributed by atoms with van der Waals surface area (Å²) < 4.78 is 132. The number of ether oxygens (including phenoxy) is 2. The van der Waals surface area contributed by atoms with E-state index < -0.39 is 68.7 Å². The van der Waals surface area contributed by atoms with Gasteiger partial charge < -0.3 is 19.3 Å². The molecular weight excluding hydrogens is 639 g/mol. The third-order valence-electron chi connectivity index (χ3n) is 4.32. The lowest BCUT2D eigenvalue weighted by atomic mass is 10.2. The Hall–Kier alpha value is -3.87. The van der Waals surface area contributed by atoms with Gasteiger partial charge in [0.2, 0.25) is 17.4 Å². The van der Waals surface area contributed by atoms with Crippen LogP contribution in [-0.4, -0.2) is 38.4 Å². The Morgan fingerprint density at radius 3 is 2.28 bits per heavy atom. The van der Waals surface area contributed by atoms with E-state index in [1.165, 1.54) is 24.3 Å². The minimum absolute atomic E-state index is 0.0892. The molecule has 39 heavy (non-hydrogen) atoms. The second-order valence-electron chi connectivity index (χ2n) is 7.21. The first-order chi connectivity index (χ1) is 18.0. The summed E-state index contributed by atoms with van der Waals surface area (Å²) in [6.07, 6.45) is -5.87. The Balaban J connectivity index is 1.83. The highest BCUT2D eigenvalue weighted by Gasteiger charge is 2.41. The van der Waals surface area contributed by atoms with Gasteiger partial charge in [0, 0.05) is 10.5 Å². The van der Waals surface area contributed by atoms with Crippen LogP contribution in [0.4, 0.5) is 36.4 Å². The van der Waals surface area contributed by atoms with Crippen molar-refractivity contribution in [3.05, 3.63) is 63.5 Å². The first-order valence-electron chi connectivity index (χ1n) is 9.84. The van der Waals surface area contributed by atoms with Crippen LogP contribution < -0.4 is 19.5 Å². The number of sulfonamides is 1. The van der Waals surface area contributed by atoms with Gasteiger partial charge in [-0.05, 0) is 25.1 Å². The zero-order valence-corrected chi connectivity index (χ0v) is 21.2. The molecule has 0 aliphatic heterocycles. The molecule has 210 valence electrons. The number of anilines is 1. The van der Waals surface area contributed by atoms with Gasteiger partial charge in [-0.2, -0.15) is 4.39 Å². The molecule has 3 rings (SSSR count). The first-order valence-corrected chi connectivity index (χ1v) is 12.1. The number of hydrogen-bond acceptors (Lipinski definition) is 8. The zero-order chi connectivity index (χ0) is 29.3. The van der Waals surface area contributed by atoms with Crippen LogP contribution in [0.5, 0.6) is 11.5 Å². The van der Waals surface area contributed by atoms with E-state index in [9.17, 15) is 48.7 Å². The minimum atomic E-state index is -5.87. The molecule has 0 aliphatic rings. The highest BCUT2D eigenvalue weighted by molar-refractivity contribution is 9.10. The first kappa shape index (κ1) is 29.7. The molecular formula is C20H11BrF7N3O7S. The van der Waals surface area contributed by atoms with Crippen molar-refractivity contribution in [2.75, 3.05) is 11.9 Å². The lowest BCUT2D eigenvalue weighted by Crippen LogP contribution is -2.36. The fourth-order valence-corrected chi connectivity index (χ4v) is 4.31. The van der Waals surface area contributed by atoms with Crippen LogP contribution in [-0.2, 0) is 14.8 Å². The van der Waals surface area contributed by atoms with Gasteiger partial charge in [-0.15, -0.1) is 13.2 Å². The minimum Gasteiger partial charge on any atom is -0.482 e. The van der Waals surface area contributed by atoms with E-state index in [-0.39, 0.29) is 17.2 Å². The fourth-order valence-electron chi connectivity index (χ4n) is 2.79. The van der Waals surface area contributed by atoms with E-state index in [4.69, 9.17) is 9.26 Å². The summed E-state index contributed by atoms with van der Waals surface area (Å²) in [5, 5.41) is 5.90. The highest BCUT2D eigenvalue weighted by Crippen LogP contribution is 2.37. The van der Waals surface area contributed by atoms with Crippen molar-refractivity contribution < 1.29 is 62.7 Å². The van der Waals surface area contributed by atoms with E-state index >= 15 is 0 Å². The van der Waals surface area contributed by atoms with Gasteiger partial charge in [0.05, 0.1) is 11.4 Å². The summed E-state index contributed by atoms with van der Waals surface area (Å²) in [7, 11) is -5.85. The molecule has 10 nitrogen and oxygen atoms in total. The zero-order valence-electron chi connectivity index (χ0n) is 18.8. The van der Waals surface area contributed by atoms with Gasteiger partial charge in [-0.25, -0.2) is 26.3 Å². The number of nitrogens with one attached hydrogen (secondary N) is 2. The molecule has 3 aromatic rings. The van der Waals surface area contributed by atoms with E-state index in [0.29, 0.717) is 10.2 Å². The van der Waals surface area contributed by atoms with Gasteiger partial charge >= 0.3 is 6.36 Å². The van der Waals surface area contributed by atoms with Gasteiger partial charge in [-0.1, -0.05) is 21.1 Å². The third-order valence-corrected chi connectivity index (χ3v) is 6.21. The molecule has 1 aromatic heterocycles. The van der Waals surface area contributed by atoms with Crippen molar-refractivity contribution >= 4 is 43.5 Å². The molecule has 1 heterocycles. The average Bonchev–Trinajstić information content (AvgIpc) is 3.26. The summed E-state index contributed by atoms with van der Waals surface area (Å²) in [6.45, 7) is 0.299. The maximum absolute atomic E-state index is 14.2. The van der Waals surface area contributed by atoms with Crippen molar-refractivity contribution in [1.82, 2.24) is 9.88 Å². The number of aryl methyl sites for hydroxylation is 1. The Morgan fingerprint density at radius 1 is 1.05 bits per heavy atom. The smallest absolute Gasteiger partial charge is 0.482 e. The topological polar surface area (TPSA) is 137 Å². The van der Waals surface area contributed by atoms with E-state index in [1.807, 2.05) is 0 Å². The molecule has 2 aromatic carbocycles. The Kier molecular flexibility index (Phi) is 8.44. The van der Waals surface area contributed by atoms with Crippen LogP contribution in [0.15, 0.2) is 38.2 Å². The third kappa shape index (κ3) is 6.96. The number of carbonyl (C=O) groups excluding carboxylic acids is 2. The molecule has 2 N–H and O–H groups in total. The number of carbonyl (C=O) groups is 2. The van der Waals surface area contributed by atoms with Gasteiger partial charge in [-0.3, -0.25) is 9.59 Å². The maximum atomic E-state index is 14.2. The molecule has 0 unspecified atom stereocenters. The molecule has 19 heteroatoms. The normalized spacial score (nSPS) is 11.7. The van der Waals surface area contributed by atoms with Crippen molar-refractivity contribution in [3.63, 3.8) is 0 Å². The summed E-state index contributed by atoms with van der Waals surface area (Å²) in [6, 6.07) is 5.17. The number of benzene rings is 2. The van der Waals surface area contributed by atoms with Gasteiger partial charge in [0.15, 0.2) is 28.9 Å². The summed E-state index contributed by atoms with van der Waals surface area (Å²) in [4.78, 5) is 22.0. The lowest BCUT2D eigenvalue weighted by Gasteiger charge is -2.16. The second-order valence-corrected chi connectivity index (χ2v) is 9.74. The number of alkyl halides is 3. The maximum Gasteiger partial charge on any atom is 0.573 e. The van der Waals surface area contributed by atoms with Crippen molar-refractivity contribution in [2.24, 2.45) is 0 Å². The van der Waals surface area contributed by atoms with E-state index in [2.05, 4.69) is 31.1 Å². The van der Waals surface area contributed by atoms with Gasteiger partial charge in [0.1, 0.15) is 5.75 Å². The summed E-state index contributed by atoms with van der Waals surface area (Å²) in [5.74, 6) is -16.7. The molecule has 0 fully saturated rings. The summed E-state index contributed by atoms with van der Waals surface area (Å²) in [5.41, 5.74) is 0.290. The number of aromatic nitrogens is 1. The Labute approximate surface area is 221 Å². The molecule has 0 saturated heterocycles. The van der Waals surface area contributed by atoms with E-state index in [1.54, 1.807) is 6.92 Å². The molecule has 0 spiro atoms. The van der Waals surface area contributed by atoms with Crippen LogP contribution in [0.25, 0.3) is 0 Å². The van der Waals surface area contributed by atoms with Crippen LogP contribution in [0.3, 0.4) is 0 Å². The monoisotopic (exact) mass is 649 g/mol. The average molecular weight is 650 g/mol. The van der Waals surface area contributed by atoms with Gasteiger partial charge in [0.25, 0.3) is 21.8 Å². The predicted molar refractivity (Wildman–Crippen MR) is 117 cm³/mol. The SMILES string of the molecule is Cc1cc(C(=O)Nc2cc(Br)ccc2OCC(=O)NS(=O)(=O)c2c(F)c(F)c(F)c(F)c2OC(F)(F)F)on1. The lowest BCUT2D eigenvalue weighted by molar-refractivity contribution is -0.276. The summed E-state index contributed by atoms with van der Waals surface area (Å²) >= 11 is 3.13.